The molecule has 1 atom stereocenters. The molecule has 23 heavy (non-hydrogen) atoms. The molecule has 2 fully saturated rings. The number of nitrogens with one attached hydrogen (secondary N) is 1. The highest BCUT2D eigenvalue weighted by atomic mass is 19.1. The van der Waals surface area contributed by atoms with Gasteiger partial charge in [0.25, 0.3) is 0 Å². The highest BCUT2D eigenvalue weighted by molar-refractivity contribution is 5.80. The molecular weight excluding hydrogens is 291 g/mol. The predicted octanol–water partition coefficient (Wildman–Crippen LogP) is 3.80. The van der Waals surface area contributed by atoms with E-state index in [1.165, 1.54) is 25.3 Å². The van der Waals surface area contributed by atoms with Gasteiger partial charge in [-0.1, -0.05) is 19.3 Å². The number of amides is 1. The third-order valence-corrected chi connectivity index (χ3v) is 5.24. The van der Waals surface area contributed by atoms with Crippen LogP contribution >= 0.6 is 0 Å². The quantitative estimate of drug-likeness (QED) is 0.919. The molecule has 1 aliphatic carbocycles. The summed E-state index contributed by atoms with van der Waals surface area (Å²) in [6, 6.07) is 5.29. The zero-order chi connectivity index (χ0) is 16.2. The molecule has 0 radical (unpaired) electrons. The number of anilines is 1. The summed E-state index contributed by atoms with van der Waals surface area (Å²) in [7, 11) is 0. The van der Waals surface area contributed by atoms with Crippen molar-refractivity contribution < 1.29 is 9.18 Å². The Balaban J connectivity index is 1.62. The number of nitrogens with zero attached hydrogens (tertiary/aromatic N) is 1. The van der Waals surface area contributed by atoms with Gasteiger partial charge in [-0.25, -0.2) is 4.39 Å². The number of hydrogen-bond acceptors (Lipinski definition) is 2. The van der Waals surface area contributed by atoms with Gasteiger partial charge in [-0.15, -0.1) is 0 Å². The number of carbonyl (C=O) groups excluding carboxylic acids is 1. The van der Waals surface area contributed by atoms with Gasteiger partial charge >= 0.3 is 0 Å². The van der Waals surface area contributed by atoms with Crippen molar-refractivity contribution in [3.8, 4) is 0 Å². The normalized spacial score (nSPS) is 22.9. The van der Waals surface area contributed by atoms with Gasteiger partial charge in [-0.3, -0.25) is 4.79 Å². The minimum atomic E-state index is -0.199. The van der Waals surface area contributed by atoms with Crippen LogP contribution in [0.2, 0.25) is 0 Å². The molecule has 1 aromatic rings. The number of halogens is 1. The third-order valence-electron chi connectivity index (χ3n) is 5.24. The monoisotopic (exact) mass is 318 g/mol. The second kappa shape index (κ2) is 7.33. The average molecular weight is 318 g/mol. The summed E-state index contributed by atoms with van der Waals surface area (Å²) in [5, 5.41) is 3.26. The number of benzene rings is 1. The molecule has 4 heteroatoms. The van der Waals surface area contributed by atoms with Gasteiger partial charge in [0.05, 0.1) is 5.92 Å². The molecule has 2 aliphatic rings. The summed E-state index contributed by atoms with van der Waals surface area (Å²) in [5.74, 6) is 0.0614. The molecule has 1 heterocycles. The molecule has 3 rings (SSSR count). The minimum absolute atomic E-state index is 0.0510. The van der Waals surface area contributed by atoms with Crippen molar-refractivity contribution in [3.63, 3.8) is 0 Å². The van der Waals surface area contributed by atoms with E-state index in [1.807, 2.05) is 13.0 Å². The zero-order valence-electron chi connectivity index (χ0n) is 14.0. The summed E-state index contributed by atoms with van der Waals surface area (Å²) in [5.41, 5.74) is 2.00. The van der Waals surface area contributed by atoms with Crippen molar-refractivity contribution in [3.05, 3.63) is 29.6 Å². The topological polar surface area (TPSA) is 32.3 Å². The van der Waals surface area contributed by atoms with Gasteiger partial charge in [-0.05, 0) is 56.4 Å². The van der Waals surface area contributed by atoms with E-state index in [2.05, 4.69) is 10.2 Å². The first kappa shape index (κ1) is 16.3. The number of carbonyl (C=O) groups is 1. The van der Waals surface area contributed by atoms with E-state index in [4.69, 9.17) is 0 Å². The molecule has 0 spiro atoms. The Hall–Kier alpha value is -1.58. The van der Waals surface area contributed by atoms with Crippen LogP contribution in [0.3, 0.4) is 0 Å². The third kappa shape index (κ3) is 4.04. The van der Waals surface area contributed by atoms with E-state index in [1.54, 1.807) is 6.07 Å². The van der Waals surface area contributed by atoms with E-state index >= 15 is 0 Å². The van der Waals surface area contributed by atoms with Gasteiger partial charge in [0.2, 0.25) is 5.91 Å². The lowest BCUT2D eigenvalue weighted by Crippen LogP contribution is -2.46. The standard InChI is InChI=1S/C19H27FN2O/c1-14-12-16(20)9-10-18(14)22-11-5-6-15(13-22)19(23)21-17-7-3-2-4-8-17/h9-10,12,15,17H,2-8,11,13H2,1H3,(H,21,23). The van der Waals surface area contributed by atoms with Crippen LogP contribution < -0.4 is 10.2 Å². The Morgan fingerprint density at radius 2 is 1.96 bits per heavy atom. The summed E-state index contributed by atoms with van der Waals surface area (Å²) in [6.45, 7) is 3.62. The Morgan fingerprint density at radius 3 is 2.70 bits per heavy atom. The van der Waals surface area contributed by atoms with Gasteiger partial charge in [0.15, 0.2) is 0 Å². The first-order valence-corrected chi connectivity index (χ1v) is 8.95. The van der Waals surface area contributed by atoms with E-state index < -0.39 is 0 Å². The summed E-state index contributed by atoms with van der Waals surface area (Å²) in [6.07, 6.45) is 7.98. The predicted molar refractivity (Wildman–Crippen MR) is 91.1 cm³/mol. The van der Waals surface area contributed by atoms with Crippen LogP contribution in [0.1, 0.15) is 50.5 Å². The molecule has 1 amide bonds. The van der Waals surface area contributed by atoms with Gasteiger partial charge in [-0.2, -0.15) is 0 Å². The zero-order valence-corrected chi connectivity index (χ0v) is 14.0. The molecule has 3 nitrogen and oxygen atoms in total. The molecule has 0 bridgehead atoms. The smallest absolute Gasteiger partial charge is 0.225 e. The first-order chi connectivity index (χ1) is 11.1. The second-order valence-corrected chi connectivity index (χ2v) is 7.06. The Bertz CT molecular complexity index is 554. The van der Waals surface area contributed by atoms with Crippen LogP contribution in [0.25, 0.3) is 0 Å². The summed E-state index contributed by atoms with van der Waals surface area (Å²) < 4.78 is 13.3. The maximum atomic E-state index is 13.3. The fourth-order valence-electron chi connectivity index (χ4n) is 3.95. The van der Waals surface area contributed by atoms with Crippen LogP contribution in [-0.4, -0.2) is 25.0 Å². The largest absolute Gasteiger partial charge is 0.371 e. The van der Waals surface area contributed by atoms with E-state index in [-0.39, 0.29) is 17.6 Å². The second-order valence-electron chi connectivity index (χ2n) is 7.06. The molecular formula is C19H27FN2O. The van der Waals surface area contributed by atoms with Crippen LogP contribution in [0.15, 0.2) is 18.2 Å². The number of aryl methyl sites for hydroxylation is 1. The van der Waals surface area contributed by atoms with Crippen molar-refractivity contribution in [2.24, 2.45) is 5.92 Å². The molecule has 0 aromatic heterocycles. The first-order valence-electron chi connectivity index (χ1n) is 8.95. The molecule has 1 saturated carbocycles. The van der Waals surface area contributed by atoms with Crippen LogP contribution in [0, 0.1) is 18.7 Å². The molecule has 126 valence electrons. The molecule has 1 unspecified atom stereocenters. The maximum absolute atomic E-state index is 13.3. The van der Waals surface area contributed by atoms with E-state index in [0.29, 0.717) is 6.04 Å². The van der Waals surface area contributed by atoms with Crippen molar-refractivity contribution in [2.75, 3.05) is 18.0 Å². The van der Waals surface area contributed by atoms with Crippen molar-refractivity contribution >= 4 is 11.6 Å². The highest BCUT2D eigenvalue weighted by Gasteiger charge is 2.28. The molecule has 1 N–H and O–H groups in total. The van der Waals surface area contributed by atoms with Crippen LogP contribution in [-0.2, 0) is 4.79 Å². The van der Waals surface area contributed by atoms with Crippen molar-refractivity contribution in [1.29, 1.82) is 0 Å². The van der Waals surface area contributed by atoms with E-state index in [0.717, 1.165) is 50.0 Å². The van der Waals surface area contributed by atoms with Crippen molar-refractivity contribution in [2.45, 2.75) is 57.9 Å². The number of rotatable bonds is 3. The summed E-state index contributed by atoms with van der Waals surface area (Å²) >= 11 is 0. The molecule has 1 aromatic carbocycles. The fraction of sp³-hybridized carbons (Fsp3) is 0.632. The Kier molecular flexibility index (Phi) is 5.19. The lowest BCUT2D eigenvalue weighted by atomic mass is 9.92. The lowest BCUT2D eigenvalue weighted by Gasteiger charge is -2.35. The highest BCUT2D eigenvalue weighted by Crippen LogP contribution is 2.27. The van der Waals surface area contributed by atoms with Gasteiger partial charge in [0, 0.05) is 24.8 Å². The average Bonchev–Trinajstić information content (AvgIpc) is 2.56. The number of piperidine rings is 1. The number of hydrogen-bond donors (Lipinski definition) is 1. The molecule has 1 aliphatic heterocycles. The fourth-order valence-corrected chi connectivity index (χ4v) is 3.95. The maximum Gasteiger partial charge on any atom is 0.225 e. The van der Waals surface area contributed by atoms with Gasteiger partial charge in [0.1, 0.15) is 5.82 Å². The van der Waals surface area contributed by atoms with Crippen LogP contribution in [0.5, 0.6) is 0 Å². The molecule has 1 saturated heterocycles. The SMILES string of the molecule is Cc1cc(F)ccc1N1CCCC(C(=O)NC2CCCCC2)C1. The minimum Gasteiger partial charge on any atom is -0.371 e. The summed E-state index contributed by atoms with van der Waals surface area (Å²) in [4.78, 5) is 14.8. The Labute approximate surface area is 138 Å². The van der Waals surface area contributed by atoms with E-state index in [9.17, 15) is 9.18 Å². The van der Waals surface area contributed by atoms with Crippen LogP contribution in [0.4, 0.5) is 10.1 Å². The lowest BCUT2D eigenvalue weighted by molar-refractivity contribution is -0.126. The van der Waals surface area contributed by atoms with Crippen molar-refractivity contribution in [1.82, 2.24) is 5.32 Å². The Morgan fingerprint density at radius 1 is 1.17 bits per heavy atom. The van der Waals surface area contributed by atoms with Gasteiger partial charge < -0.3 is 10.2 Å².